The average molecular weight is 611 g/mol. The van der Waals surface area contributed by atoms with Crippen LogP contribution in [-0.4, -0.2) is 57.9 Å². The lowest BCUT2D eigenvalue weighted by atomic mass is 9.85. The molecule has 1 aliphatic heterocycles. The van der Waals surface area contributed by atoms with Crippen LogP contribution in [0, 0.1) is 0 Å². The van der Waals surface area contributed by atoms with Crippen LogP contribution in [0.4, 0.5) is 23.7 Å². The minimum atomic E-state index is -4.67. The highest BCUT2D eigenvalue weighted by atomic mass is 28.4. The van der Waals surface area contributed by atoms with Gasteiger partial charge in [-0.25, -0.2) is 4.79 Å². The third-order valence-corrected chi connectivity index (χ3v) is 12.5. The number of hydrogen-bond donors (Lipinski definition) is 2. The van der Waals surface area contributed by atoms with Crippen LogP contribution in [0.5, 0.6) is 0 Å². The first-order valence-electron chi connectivity index (χ1n) is 14.0. The van der Waals surface area contributed by atoms with Crippen molar-refractivity contribution in [3.8, 4) is 0 Å². The second-order valence-corrected chi connectivity index (χ2v) is 16.6. The topological polar surface area (TPSA) is 97.3 Å². The number of hydrogen-bond acceptors (Lipinski definition) is 5. The zero-order chi connectivity index (χ0) is 31.5. The molecule has 0 aliphatic carbocycles. The fraction of sp³-hybridized carbons (Fsp3) is 0.533. The Balaban J connectivity index is 2.03. The van der Waals surface area contributed by atoms with Gasteiger partial charge in [-0.15, -0.1) is 0 Å². The first-order valence-corrected chi connectivity index (χ1v) is 16.9. The fourth-order valence-electron chi connectivity index (χ4n) is 4.75. The van der Waals surface area contributed by atoms with Gasteiger partial charge in [0.25, 0.3) is 5.91 Å². The largest absolute Gasteiger partial charge is 0.465 e. The SMILES string of the molecule is CCOCC(CO[Si](C)(C)C(C)(C)C)N(C(=O)O)c1ccc2c(c1)C(=O)NC(OCC)(c1ccccc1C(F)(F)F)C2. The number of alkyl halides is 3. The molecule has 0 saturated carbocycles. The Morgan fingerprint density at radius 2 is 1.76 bits per heavy atom. The van der Waals surface area contributed by atoms with Crippen LogP contribution < -0.4 is 10.2 Å². The molecular formula is C30H41F3N2O6Si. The van der Waals surface area contributed by atoms with Crippen molar-refractivity contribution < 1.29 is 41.8 Å². The maximum atomic E-state index is 13.9. The number of nitrogens with zero attached hydrogens (tertiary/aromatic N) is 1. The van der Waals surface area contributed by atoms with Gasteiger partial charge in [0.2, 0.25) is 0 Å². The first-order chi connectivity index (χ1) is 19.5. The van der Waals surface area contributed by atoms with E-state index in [-0.39, 0.29) is 48.1 Å². The van der Waals surface area contributed by atoms with E-state index in [4.69, 9.17) is 13.9 Å². The lowest BCUT2D eigenvalue weighted by molar-refractivity contribution is -0.143. The molecule has 0 bridgehead atoms. The number of halogens is 3. The van der Waals surface area contributed by atoms with Crippen LogP contribution in [0.15, 0.2) is 42.5 Å². The number of fused-ring (bicyclic) bond motifs is 1. The molecule has 2 aromatic carbocycles. The van der Waals surface area contributed by atoms with Crippen LogP contribution in [0.3, 0.4) is 0 Å². The number of ether oxygens (including phenoxy) is 2. The summed E-state index contributed by atoms with van der Waals surface area (Å²) in [6, 6.07) is 8.84. The molecule has 8 nitrogen and oxygen atoms in total. The minimum absolute atomic E-state index is 0.0417. The van der Waals surface area contributed by atoms with E-state index in [1.165, 1.54) is 24.3 Å². The fourth-order valence-corrected chi connectivity index (χ4v) is 5.79. The molecule has 2 N–H and O–H groups in total. The lowest BCUT2D eigenvalue weighted by Crippen LogP contribution is -2.54. The molecule has 0 aromatic heterocycles. The third kappa shape index (κ3) is 7.16. The molecule has 0 spiro atoms. The number of anilines is 1. The molecule has 2 atom stereocenters. The van der Waals surface area contributed by atoms with Crippen molar-refractivity contribution >= 4 is 26.0 Å². The highest BCUT2D eigenvalue weighted by molar-refractivity contribution is 6.74. The van der Waals surface area contributed by atoms with E-state index >= 15 is 0 Å². The summed E-state index contributed by atoms with van der Waals surface area (Å²) in [5.74, 6) is -0.673. The van der Waals surface area contributed by atoms with Crippen molar-refractivity contribution in [3.05, 3.63) is 64.7 Å². The van der Waals surface area contributed by atoms with Gasteiger partial charge in [0, 0.05) is 36.4 Å². The molecule has 1 heterocycles. The Morgan fingerprint density at radius 3 is 2.33 bits per heavy atom. The molecule has 0 fully saturated rings. The lowest BCUT2D eigenvalue weighted by Gasteiger charge is -2.41. The molecule has 2 aromatic rings. The predicted molar refractivity (Wildman–Crippen MR) is 156 cm³/mol. The first kappa shape index (κ1) is 33.6. The summed E-state index contributed by atoms with van der Waals surface area (Å²) in [5, 5.41) is 12.8. The van der Waals surface area contributed by atoms with E-state index in [0.29, 0.717) is 12.2 Å². The van der Waals surface area contributed by atoms with Crippen molar-refractivity contribution in [3.63, 3.8) is 0 Å². The molecule has 2 amide bonds. The molecule has 3 rings (SSSR count). The smallest absolute Gasteiger partial charge is 0.416 e. The van der Waals surface area contributed by atoms with Gasteiger partial charge in [-0.3, -0.25) is 9.69 Å². The second-order valence-electron chi connectivity index (χ2n) is 11.8. The quantitative estimate of drug-likeness (QED) is 0.272. The molecule has 1 aliphatic rings. The number of rotatable bonds is 11. The molecule has 232 valence electrons. The summed E-state index contributed by atoms with van der Waals surface area (Å²) in [6.45, 7) is 14.4. The van der Waals surface area contributed by atoms with Crippen molar-refractivity contribution in [1.29, 1.82) is 0 Å². The Labute approximate surface area is 246 Å². The number of carbonyl (C=O) groups excluding carboxylic acids is 1. The van der Waals surface area contributed by atoms with Crippen LogP contribution in [0.1, 0.15) is 61.7 Å². The average Bonchev–Trinajstić information content (AvgIpc) is 2.89. The van der Waals surface area contributed by atoms with E-state index in [2.05, 4.69) is 39.2 Å². The minimum Gasteiger partial charge on any atom is -0.465 e. The highest BCUT2D eigenvalue weighted by Gasteiger charge is 2.46. The van der Waals surface area contributed by atoms with Crippen molar-refractivity contribution in [2.75, 3.05) is 31.3 Å². The van der Waals surface area contributed by atoms with Gasteiger partial charge in [0.1, 0.15) is 0 Å². The van der Waals surface area contributed by atoms with Gasteiger partial charge in [0.05, 0.1) is 24.8 Å². The molecule has 0 saturated heterocycles. The van der Waals surface area contributed by atoms with Gasteiger partial charge in [-0.05, 0) is 55.7 Å². The molecule has 42 heavy (non-hydrogen) atoms. The zero-order valence-electron chi connectivity index (χ0n) is 25.2. The number of carboxylic acid groups (broad SMARTS) is 1. The summed E-state index contributed by atoms with van der Waals surface area (Å²) < 4.78 is 59.6. The monoisotopic (exact) mass is 610 g/mol. The standard InChI is InChI=1S/C30H41F3N2O6Si/c1-8-39-18-22(19-41-42(6,7)28(3,4)5)35(27(37)38)21-15-14-20-17-29(40-9-2,34-26(36)23(20)16-21)24-12-10-11-13-25(24)30(31,32)33/h10-16,22H,8-9,17-19H2,1-7H3,(H,34,36)(H,37,38). The maximum Gasteiger partial charge on any atom is 0.416 e. The molecule has 2 unspecified atom stereocenters. The summed E-state index contributed by atoms with van der Waals surface area (Å²) in [4.78, 5) is 27.2. The molecular weight excluding hydrogens is 569 g/mol. The number of carbonyl (C=O) groups is 2. The van der Waals surface area contributed by atoms with E-state index in [9.17, 15) is 27.9 Å². The molecule has 12 heteroatoms. The van der Waals surface area contributed by atoms with E-state index in [1.807, 2.05) is 6.92 Å². The summed E-state index contributed by atoms with van der Waals surface area (Å²) in [5.41, 5.74) is -2.06. The van der Waals surface area contributed by atoms with Crippen LogP contribution in [0.25, 0.3) is 0 Å². The van der Waals surface area contributed by atoms with Gasteiger partial charge < -0.3 is 24.3 Å². The van der Waals surface area contributed by atoms with Gasteiger partial charge in [0.15, 0.2) is 14.0 Å². The van der Waals surface area contributed by atoms with Crippen molar-refractivity contribution in [2.24, 2.45) is 0 Å². The van der Waals surface area contributed by atoms with E-state index < -0.39 is 43.8 Å². The Morgan fingerprint density at radius 1 is 1.10 bits per heavy atom. The van der Waals surface area contributed by atoms with Crippen LogP contribution in [0.2, 0.25) is 18.1 Å². The Kier molecular flexibility index (Phi) is 10.2. The van der Waals surface area contributed by atoms with Gasteiger partial charge >= 0.3 is 12.3 Å². The second kappa shape index (κ2) is 12.7. The third-order valence-electron chi connectivity index (χ3n) is 7.96. The summed E-state index contributed by atoms with van der Waals surface area (Å²) in [7, 11) is -2.23. The predicted octanol–water partition coefficient (Wildman–Crippen LogP) is 6.79. The molecule has 0 radical (unpaired) electrons. The van der Waals surface area contributed by atoms with E-state index in [1.54, 1.807) is 19.1 Å². The number of benzene rings is 2. The number of nitrogens with one attached hydrogen (secondary N) is 1. The summed E-state index contributed by atoms with van der Waals surface area (Å²) >= 11 is 0. The van der Waals surface area contributed by atoms with Gasteiger partial charge in [-0.2, -0.15) is 13.2 Å². The van der Waals surface area contributed by atoms with Crippen molar-refractivity contribution in [1.82, 2.24) is 5.32 Å². The van der Waals surface area contributed by atoms with Crippen molar-refractivity contribution in [2.45, 2.75) is 77.1 Å². The summed E-state index contributed by atoms with van der Waals surface area (Å²) in [6.07, 6.45) is -6.00. The maximum absolute atomic E-state index is 13.9. The van der Waals surface area contributed by atoms with Crippen LogP contribution >= 0.6 is 0 Å². The van der Waals surface area contributed by atoms with E-state index in [0.717, 1.165) is 11.0 Å². The number of amides is 2. The van der Waals surface area contributed by atoms with Gasteiger partial charge in [-0.1, -0.05) is 45.0 Å². The normalized spacial score (nSPS) is 18.3. The highest BCUT2D eigenvalue weighted by Crippen LogP contribution is 2.42. The Bertz CT molecular complexity index is 1280. The Hall–Kier alpha value is -2.93. The zero-order valence-corrected chi connectivity index (χ0v) is 26.2. The van der Waals surface area contributed by atoms with Crippen LogP contribution in [-0.2, 0) is 32.2 Å².